The Hall–Kier alpha value is -2.93. The molecule has 3 aromatic rings. The molecule has 0 bridgehead atoms. The number of hydrogen-bond donors (Lipinski definition) is 1. The minimum atomic E-state index is -0.260. The molecule has 2 heterocycles. The molecule has 3 rings (SSSR count). The molecule has 1 aromatic carbocycles. The molecule has 0 aliphatic rings. The number of thiazole rings is 1. The Balaban J connectivity index is 1.81. The lowest BCUT2D eigenvalue weighted by molar-refractivity contribution is 0.102. The van der Waals surface area contributed by atoms with Gasteiger partial charge in [0.1, 0.15) is 10.7 Å². The predicted octanol–water partition coefficient (Wildman–Crippen LogP) is 3.47. The van der Waals surface area contributed by atoms with Gasteiger partial charge in [-0.1, -0.05) is 0 Å². The molecule has 24 heavy (non-hydrogen) atoms. The van der Waals surface area contributed by atoms with E-state index in [0.717, 1.165) is 10.6 Å². The highest BCUT2D eigenvalue weighted by Crippen LogP contribution is 2.33. The van der Waals surface area contributed by atoms with Gasteiger partial charge < -0.3 is 14.8 Å². The van der Waals surface area contributed by atoms with Crippen LogP contribution in [-0.4, -0.2) is 30.1 Å². The SMILES string of the molecule is COc1ccc(-c2nc(C(=O)Nc3ccncc3)cs2)cc1OC. The maximum atomic E-state index is 12.3. The van der Waals surface area contributed by atoms with Crippen LogP contribution < -0.4 is 14.8 Å². The number of carbonyl (C=O) groups is 1. The molecule has 0 radical (unpaired) electrons. The Kier molecular flexibility index (Phi) is 4.72. The van der Waals surface area contributed by atoms with Crippen molar-refractivity contribution in [2.24, 2.45) is 0 Å². The van der Waals surface area contributed by atoms with E-state index < -0.39 is 0 Å². The Labute approximate surface area is 143 Å². The molecule has 0 saturated carbocycles. The summed E-state index contributed by atoms with van der Waals surface area (Å²) in [4.78, 5) is 20.6. The number of nitrogens with one attached hydrogen (secondary N) is 1. The van der Waals surface area contributed by atoms with Crippen LogP contribution in [0.2, 0.25) is 0 Å². The van der Waals surface area contributed by atoms with E-state index in [-0.39, 0.29) is 5.91 Å². The molecule has 2 aromatic heterocycles. The Morgan fingerprint density at radius 2 is 1.83 bits per heavy atom. The zero-order chi connectivity index (χ0) is 16.9. The van der Waals surface area contributed by atoms with Crippen LogP contribution in [0, 0.1) is 0 Å². The minimum absolute atomic E-state index is 0.260. The van der Waals surface area contributed by atoms with Crippen molar-refractivity contribution in [2.45, 2.75) is 0 Å². The van der Waals surface area contributed by atoms with E-state index in [2.05, 4.69) is 15.3 Å². The van der Waals surface area contributed by atoms with Gasteiger partial charge in [0, 0.05) is 29.0 Å². The summed E-state index contributed by atoms with van der Waals surface area (Å²) in [5, 5.41) is 5.24. The second kappa shape index (κ2) is 7.10. The standard InChI is InChI=1S/C17H15N3O3S/c1-22-14-4-3-11(9-15(14)23-2)17-20-13(10-24-17)16(21)19-12-5-7-18-8-6-12/h3-10H,1-2H3,(H,18,19,21). The quantitative estimate of drug-likeness (QED) is 0.769. The van der Waals surface area contributed by atoms with Crippen molar-refractivity contribution in [3.05, 3.63) is 53.8 Å². The van der Waals surface area contributed by atoms with E-state index in [1.807, 2.05) is 18.2 Å². The van der Waals surface area contributed by atoms with Gasteiger partial charge in [0.15, 0.2) is 11.5 Å². The third-order valence-corrected chi connectivity index (χ3v) is 4.20. The lowest BCUT2D eigenvalue weighted by atomic mass is 10.2. The van der Waals surface area contributed by atoms with Crippen molar-refractivity contribution in [3.63, 3.8) is 0 Å². The molecule has 6 nitrogen and oxygen atoms in total. The van der Waals surface area contributed by atoms with E-state index >= 15 is 0 Å². The number of benzene rings is 1. The topological polar surface area (TPSA) is 73.3 Å². The average molecular weight is 341 g/mol. The minimum Gasteiger partial charge on any atom is -0.493 e. The van der Waals surface area contributed by atoms with Crippen molar-refractivity contribution < 1.29 is 14.3 Å². The van der Waals surface area contributed by atoms with Crippen LogP contribution >= 0.6 is 11.3 Å². The first kappa shape index (κ1) is 15.9. The lowest BCUT2D eigenvalue weighted by Crippen LogP contribution is -2.12. The van der Waals surface area contributed by atoms with Crippen LogP contribution in [0.15, 0.2) is 48.1 Å². The van der Waals surface area contributed by atoms with E-state index in [1.54, 1.807) is 44.1 Å². The second-order valence-corrected chi connectivity index (χ2v) is 5.66. The fraction of sp³-hybridized carbons (Fsp3) is 0.118. The van der Waals surface area contributed by atoms with E-state index in [1.165, 1.54) is 11.3 Å². The van der Waals surface area contributed by atoms with Crippen molar-refractivity contribution in [1.29, 1.82) is 0 Å². The Morgan fingerprint density at radius 3 is 2.54 bits per heavy atom. The van der Waals surface area contributed by atoms with Gasteiger partial charge in [0.25, 0.3) is 5.91 Å². The maximum Gasteiger partial charge on any atom is 0.275 e. The maximum absolute atomic E-state index is 12.3. The zero-order valence-corrected chi connectivity index (χ0v) is 14.0. The number of rotatable bonds is 5. The number of amides is 1. The zero-order valence-electron chi connectivity index (χ0n) is 13.1. The van der Waals surface area contributed by atoms with Crippen molar-refractivity contribution >= 4 is 22.9 Å². The first-order valence-electron chi connectivity index (χ1n) is 7.10. The Bertz CT molecular complexity index is 849. The highest BCUT2D eigenvalue weighted by atomic mass is 32.1. The van der Waals surface area contributed by atoms with Gasteiger partial charge in [-0.2, -0.15) is 0 Å². The van der Waals surface area contributed by atoms with Crippen LogP contribution in [0.3, 0.4) is 0 Å². The number of nitrogens with zero attached hydrogens (tertiary/aromatic N) is 2. The molecule has 0 aliphatic carbocycles. The highest BCUT2D eigenvalue weighted by Gasteiger charge is 2.14. The molecule has 0 atom stereocenters. The number of pyridine rings is 1. The summed E-state index contributed by atoms with van der Waals surface area (Å²) < 4.78 is 10.5. The molecular formula is C17H15N3O3S. The van der Waals surface area contributed by atoms with Gasteiger partial charge in [-0.05, 0) is 30.3 Å². The fourth-order valence-corrected chi connectivity index (χ4v) is 2.91. The third kappa shape index (κ3) is 3.36. The average Bonchev–Trinajstić information content (AvgIpc) is 3.12. The van der Waals surface area contributed by atoms with Crippen LogP contribution in [0.1, 0.15) is 10.5 Å². The summed E-state index contributed by atoms with van der Waals surface area (Å²) in [6.45, 7) is 0. The molecule has 1 amide bonds. The highest BCUT2D eigenvalue weighted by molar-refractivity contribution is 7.13. The molecular weight excluding hydrogens is 326 g/mol. The van der Waals surface area contributed by atoms with Crippen molar-refractivity contribution in [3.8, 4) is 22.1 Å². The fourth-order valence-electron chi connectivity index (χ4n) is 2.11. The molecule has 1 N–H and O–H groups in total. The monoisotopic (exact) mass is 341 g/mol. The predicted molar refractivity (Wildman–Crippen MR) is 92.8 cm³/mol. The molecule has 0 aliphatic heterocycles. The number of ether oxygens (including phenoxy) is 2. The first-order chi connectivity index (χ1) is 11.7. The van der Waals surface area contributed by atoms with Crippen LogP contribution in [0.5, 0.6) is 11.5 Å². The first-order valence-corrected chi connectivity index (χ1v) is 7.98. The summed E-state index contributed by atoms with van der Waals surface area (Å²) >= 11 is 1.39. The number of anilines is 1. The molecule has 7 heteroatoms. The molecule has 0 spiro atoms. The lowest BCUT2D eigenvalue weighted by Gasteiger charge is -2.08. The van der Waals surface area contributed by atoms with Gasteiger partial charge in [0.05, 0.1) is 14.2 Å². The third-order valence-electron chi connectivity index (χ3n) is 3.31. The summed E-state index contributed by atoms with van der Waals surface area (Å²) in [5.41, 5.74) is 1.90. The van der Waals surface area contributed by atoms with Crippen molar-refractivity contribution in [1.82, 2.24) is 9.97 Å². The van der Waals surface area contributed by atoms with Gasteiger partial charge in [-0.15, -0.1) is 11.3 Å². The summed E-state index contributed by atoms with van der Waals surface area (Å²) in [7, 11) is 3.17. The largest absolute Gasteiger partial charge is 0.493 e. The smallest absolute Gasteiger partial charge is 0.275 e. The normalized spacial score (nSPS) is 10.2. The van der Waals surface area contributed by atoms with Crippen LogP contribution in [0.25, 0.3) is 10.6 Å². The number of hydrogen-bond acceptors (Lipinski definition) is 6. The van der Waals surface area contributed by atoms with Crippen LogP contribution in [-0.2, 0) is 0 Å². The van der Waals surface area contributed by atoms with Crippen molar-refractivity contribution in [2.75, 3.05) is 19.5 Å². The molecule has 0 saturated heterocycles. The second-order valence-electron chi connectivity index (χ2n) is 4.80. The molecule has 0 fully saturated rings. The summed E-state index contributed by atoms with van der Waals surface area (Å²) in [5.74, 6) is 1.01. The summed E-state index contributed by atoms with van der Waals surface area (Å²) in [6, 6.07) is 8.97. The van der Waals surface area contributed by atoms with Gasteiger partial charge in [-0.3, -0.25) is 9.78 Å². The van der Waals surface area contributed by atoms with E-state index in [9.17, 15) is 4.79 Å². The van der Waals surface area contributed by atoms with E-state index in [4.69, 9.17) is 9.47 Å². The number of aromatic nitrogens is 2. The van der Waals surface area contributed by atoms with Gasteiger partial charge in [-0.25, -0.2) is 4.98 Å². The molecule has 122 valence electrons. The van der Waals surface area contributed by atoms with Gasteiger partial charge >= 0.3 is 0 Å². The molecule has 0 unspecified atom stereocenters. The summed E-state index contributed by atoms with van der Waals surface area (Å²) in [6.07, 6.45) is 3.23. The van der Waals surface area contributed by atoms with E-state index in [0.29, 0.717) is 22.9 Å². The number of methoxy groups -OCH3 is 2. The Morgan fingerprint density at radius 1 is 1.08 bits per heavy atom. The van der Waals surface area contributed by atoms with Crippen LogP contribution in [0.4, 0.5) is 5.69 Å². The van der Waals surface area contributed by atoms with Gasteiger partial charge in [0.2, 0.25) is 0 Å². The number of carbonyl (C=O) groups excluding carboxylic acids is 1.